The van der Waals surface area contributed by atoms with Crippen LogP contribution in [-0.2, 0) is 0 Å². The molecule has 30 heavy (non-hydrogen) atoms. The molecule has 0 aliphatic carbocycles. The summed E-state index contributed by atoms with van der Waals surface area (Å²) in [5.74, 6) is 2.30. The molecule has 3 heteroatoms. The molecule has 0 aromatic heterocycles. The third kappa shape index (κ3) is 8.06. The van der Waals surface area contributed by atoms with Crippen molar-refractivity contribution in [3.8, 4) is 5.75 Å². The molecule has 172 valence electrons. The molecule has 0 fully saturated rings. The summed E-state index contributed by atoms with van der Waals surface area (Å²) < 4.78 is 5.27. The lowest BCUT2D eigenvalue weighted by Gasteiger charge is -2.41. The quantitative estimate of drug-likeness (QED) is 0.263. The lowest BCUT2D eigenvalue weighted by molar-refractivity contribution is 0.0502. The summed E-state index contributed by atoms with van der Waals surface area (Å²) in [6.45, 7) is 15.4. The zero-order valence-electron chi connectivity index (χ0n) is 20.8. The standard InChI is InChI=1S/C27H47NO2/c1-8-12-14-22(10-3)20-28(21-23(11-4)15-13-9-2)27(5,6)26(29)24-16-18-25(30-7)19-17-24/h16-19,22-23H,8-15,20-21H2,1-7H3. The Bertz CT molecular complexity index is 575. The summed E-state index contributed by atoms with van der Waals surface area (Å²) in [6.07, 6.45) is 9.87. The van der Waals surface area contributed by atoms with Crippen LogP contribution in [0.3, 0.4) is 0 Å². The molecule has 0 saturated carbocycles. The van der Waals surface area contributed by atoms with E-state index in [-0.39, 0.29) is 5.78 Å². The summed E-state index contributed by atoms with van der Waals surface area (Å²) in [5.41, 5.74) is 0.252. The molecule has 2 unspecified atom stereocenters. The smallest absolute Gasteiger partial charge is 0.182 e. The van der Waals surface area contributed by atoms with Crippen molar-refractivity contribution in [3.63, 3.8) is 0 Å². The lowest BCUT2D eigenvalue weighted by Crippen LogP contribution is -2.53. The molecule has 0 bridgehead atoms. The third-order valence-electron chi connectivity index (χ3n) is 6.74. The molecule has 0 spiro atoms. The largest absolute Gasteiger partial charge is 0.497 e. The predicted molar refractivity (Wildman–Crippen MR) is 130 cm³/mol. The van der Waals surface area contributed by atoms with E-state index >= 15 is 0 Å². The number of unbranched alkanes of at least 4 members (excludes halogenated alkanes) is 2. The Labute approximate surface area is 186 Å². The van der Waals surface area contributed by atoms with Crippen molar-refractivity contribution in [2.24, 2.45) is 11.8 Å². The molecule has 0 amide bonds. The highest BCUT2D eigenvalue weighted by molar-refractivity contribution is 6.02. The topological polar surface area (TPSA) is 29.5 Å². The van der Waals surface area contributed by atoms with E-state index in [0.717, 1.165) is 24.4 Å². The Morgan fingerprint density at radius 1 is 0.900 bits per heavy atom. The maximum absolute atomic E-state index is 13.6. The predicted octanol–water partition coefficient (Wildman–Crippen LogP) is 7.39. The number of nitrogens with zero attached hydrogens (tertiary/aromatic N) is 1. The summed E-state index contributed by atoms with van der Waals surface area (Å²) in [5, 5.41) is 0. The van der Waals surface area contributed by atoms with Crippen LogP contribution in [0.2, 0.25) is 0 Å². The molecule has 0 radical (unpaired) electrons. The number of ether oxygens (including phenoxy) is 1. The van der Waals surface area contributed by atoms with E-state index in [0.29, 0.717) is 11.8 Å². The number of Topliss-reactive ketones (excluding diaryl/α,β-unsaturated/α-hetero) is 1. The van der Waals surface area contributed by atoms with Crippen molar-refractivity contribution >= 4 is 5.78 Å². The number of hydrogen-bond acceptors (Lipinski definition) is 3. The van der Waals surface area contributed by atoms with Crippen molar-refractivity contribution in [1.82, 2.24) is 4.90 Å². The van der Waals surface area contributed by atoms with Gasteiger partial charge in [0.1, 0.15) is 5.75 Å². The van der Waals surface area contributed by atoms with Crippen molar-refractivity contribution in [1.29, 1.82) is 0 Å². The molecule has 1 aromatic carbocycles. The van der Waals surface area contributed by atoms with E-state index in [1.165, 1.54) is 51.4 Å². The van der Waals surface area contributed by atoms with Gasteiger partial charge in [-0.25, -0.2) is 0 Å². The molecule has 0 aliphatic rings. The van der Waals surface area contributed by atoms with Gasteiger partial charge in [-0.2, -0.15) is 0 Å². The minimum atomic E-state index is -0.520. The Kier molecular flexibility index (Phi) is 12.3. The van der Waals surface area contributed by atoms with E-state index in [4.69, 9.17) is 4.74 Å². The normalized spacial score (nSPS) is 14.0. The molecule has 0 aliphatic heterocycles. The minimum absolute atomic E-state index is 0.209. The zero-order valence-corrected chi connectivity index (χ0v) is 20.8. The second kappa shape index (κ2) is 13.9. The van der Waals surface area contributed by atoms with Crippen LogP contribution in [0.1, 0.15) is 103 Å². The van der Waals surface area contributed by atoms with Crippen molar-refractivity contribution < 1.29 is 9.53 Å². The van der Waals surface area contributed by atoms with Gasteiger partial charge < -0.3 is 4.74 Å². The first-order chi connectivity index (χ1) is 14.3. The Morgan fingerprint density at radius 2 is 1.37 bits per heavy atom. The highest BCUT2D eigenvalue weighted by atomic mass is 16.5. The van der Waals surface area contributed by atoms with E-state index in [1.807, 2.05) is 24.3 Å². The van der Waals surface area contributed by atoms with Crippen LogP contribution in [0, 0.1) is 11.8 Å². The fourth-order valence-corrected chi connectivity index (χ4v) is 4.23. The number of methoxy groups -OCH3 is 1. The van der Waals surface area contributed by atoms with Gasteiger partial charge in [-0.15, -0.1) is 0 Å². The molecule has 0 heterocycles. The van der Waals surface area contributed by atoms with E-state index in [1.54, 1.807) is 7.11 Å². The molecular formula is C27H47NO2. The van der Waals surface area contributed by atoms with Gasteiger partial charge in [0.15, 0.2) is 5.78 Å². The van der Waals surface area contributed by atoms with Gasteiger partial charge in [-0.1, -0.05) is 66.2 Å². The van der Waals surface area contributed by atoms with E-state index < -0.39 is 5.54 Å². The molecular weight excluding hydrogens is 370 g/mol. The lowest BCUT2D eigenvalue weighted by atomic mass is 9.87. The fourth-order valence-electron chi connectivity index (χ4n) is 4.23. The summed E-state index contributed by atoms with van der Waals surface area (Å²) in [7, 11) is 1.66. The van der Waals surface area contributed by atoms with Crippen LogP contribution >= 0.6 is 0 Å². The van der Waals surface area contributed by atoms with Crippen LogP contribution in [0.25, 0.3) is 0 Å². The highest BCUT2D eigenvalue weighted by Crippen LogP contribution is 2.28. The van der Waals surface area contributed by atoms with Gasteiger partial charge in [0.2, 0.25) is 0 Å². The second-order valence-electron chi connectivity index (χ2n) is 9.35. The number of carbonyl (C=O) groups excluding carboxylic acids is 1. The number of carbonyl (C=O) groups is 1. The van der Waals surface area contributed by atoms with Gasteiger partial charge in [0, 0.05) is 18.7 Å². The fraction of sp³-hybridized carbons (Fsp3) is 0.741. The molecule has 2 atom stereocenters. The first kappa shape index (κ1) is 26.7. The molecule has 1 aromatic rings. The zero-order chi connectivity index (χ0) is 22.6. The maximum atomic E-state index is 13.6. The van der Waals surface area contributed by atoms with Crippen molar-refractivity contribution in [3.05, 3.63) is 29.8 Å². The SMILES string of the molecule is CCCCC(CC)CN(CC(CC)CCCC)C(C)(C)C(=O)c1ccc(OC)cc1. The molecule has 3 nitrogen and oxygen atoms in total. The number of benzene rings is 1. The number of rotatable bonds is 16. The first-order valence-electron chi connectivity index (χ1n) is 12.3. The first-order valence-corrected chi connectivity index (χ1v) is 12.3. The third-order valence-corrected chi connectivity index (χ3v) is 6.74. The average Bonchev–Trinajstić information content (AvgIpc) is 2.77. The van der Waals surface area contributed by atoms with E-state index in [2.05, 4.69) is 46.4 Å². The summed E-state index contributed by atoms with van der Waals surface area (Å²) in [6, 6.07) is 7.59. The number of hydrogen-bond donors (Lipinski definition) is 0. The van der Waals surface area contributed by atoms with Crippen LogP contribution in [0.15, 0.2) is 24.3 Å². The van der Waals surface area contributed by atoms with Gasteiger partial charge in [-0.3, -0.25) is 9.69 Å². The van der Waals surface area contributed by atoms with Crippen molar-refractivity contribution in [2.45, 2.75) is 98.4 Å². The highest BCUT2D eigenvalue weighted by Gasteiger charge is 2.37. The van der Waals surface area contributed by atoms with Gasteiger partial charge in [0.05, 0.1) is 12.6 Å². The van der Waals surface area contributed by atoms with Gasteiger partial charge >= 0.3 is 0 Å². The summed E-state index contributed by atoms with van der Waals surface area (Å²) in [4.78, 5) is 16.1. The van der Waals surface area contributed by atoms with E-state index in [9.17, 15) is 4.79 Å². The van der Waals surface area contributed by atoms with Gasteiger partial charge in [0.25, 0.3) is 0 Å². The average molecular weight is 418 g/mol. The Balaban J connectivity index is 3.11. The maximum Gasteiger partial charge on any atom is 0.182 e. The minimum Gasteiger partial charge on any atom is -0.497 e. The van der Waals surface area contributed by atoms with Gasteiger partial charge in [-0.05, 0) is 62.8 Å². The van der Waals surface area contributed by atoms with Crippen LogP contribution < -0.4 is 4.74 Å². The van der Waals surface area contributed by atoms with Crippen molar-refractivity contribution in [2.75, 3.05) is 20.2 Å². The number of ketones is 1. The Hall–Kier alpha value is -1.35. The monoisotopic (exact) mass is 417 g/mol. The summed E-state index contributed by atoms with van der Waals surface area (Å²) >= 11 is 0. The molecule has 0 saturated heterocycles. The molecule has 0 N–H and O–H groups in total. The second-order valence-corrected chi connectivity index (χ2v) is 9.35. The molecule has 1 rings (SSSR count). The van der Waals surface area contributed by atoms with Crippen LogP contribution in [0.5, 0.6) is 5.75 Å². The Morgan fingerprint density at radius 3 is 1.73 bits per heavy atom. The van der Waals surface area contributed by atoms with Crippen LogP contribution in [0.4, 0.5) is 0 Å². The van der Waals surface area contributed by atoms with Crippen LogP contribution in [-0.4, -0.2) is 36.4 Å².